The van der Waals surface area contributed by atoms with Gasteiger partial charge in [0, 0.05) is 5.02 Å². The van der Waals surface area contributed by atoms with Gasteiger partial charge in [-0.15, -0.1) is 0 Å². The van der Waals surface area contributed by atoms with E-state index in [-0.39, 0.29) is 12.5 Å². The number of fused-ring (bicyclic) bond motifs is 1. The van der Waals surface area contributed by atoms with Gasteiger partial charge >= 0.3 is 0 Å². The van der Waals surface area contributed by atoms with Crippen molar-refractivity contribution in [3.8, 4) is 17.2 Å². The van der Waals surface area contributed by atoms with Gasteiger partial charge in [0.25, 0.3) is 5.91 Å². The lowest BCUT2D eigenvalue weighted by Crippen LogP contribution is -2.40. The topological polar surface area (TPSA) is 56.8 Å². The van der Waals surface area contributed by atoms with Crippen LogP contribution in [0.2, 0.25) is 5.02 Å². The molecule has 0 fully saturated rings. The second-order valence-corrected chi connectivity index (χ2v) is 6.34. The van der Waals surface area contributed by atoms with Crippen LogP contribution >= 0.6 is 27.5 Å². The summed E-state index contributed by atoms with van der Waals surface area (Å²) in [5, 5.41) is 3.27. The molecule has 1 heterocycles. The number of carbonyl (C=O) groups excluding carboxylic acids is 1. The molecule has 1 aliphatic heterocycles. The Kier molecular flexibility index (Phi) is 5.16. The van der Waals surface area contributed by atoms with Crippen LogP contribution < -0.4 is 19.5 Å². The molecule has 3 rings (SSSR count). The van der Waals surface area contributed by atoms with Crippen LogP contribution in [-0.2, 0) is 4.79 Å². The second-order valence-electron chi connectivity index (χ2n) is 5.05. The third kappa shape index (κ3) is 3.60. The molecular weight excluding hydrogens is 398 g/mol. The fraction of sp³-hybridized carbons (Fsp3) is 0.235. The first-order valence-electron chi connectivity index (χ1n) is 7.39. The minimum Gasteiger partial charge on any atom is -0.491 e. The molecule has 0 saturated heterocycles. The van der Waals surface area contributed by atoms with Crippen LogP contribution in [-0.4, -0.2) is 25.2 Å². The zero-order chi connectivity index (χ0) is 17.1. The number of hydrogen-bond donors (Lipinski definition) is 1. The van der Waals surface area contributed by atoms with E-state index in [1.807, 2.05) is 19.1 Å². The third-order valence-corrected chi connectivity index (χ3v) is 4.16. The van der Waals surface area contributed by atoms with Crippen LogP contribution in [0.15, 0.2) is 40.9 Å². The largest absolute Gasteiger partial charge is 0.491 e. The summed E-state index contributed by atoms with van der Waals surface area (Å²) in [5.74, 6) is 1.36. The maximum atomic E-state index is 12.5. The quantitative estimate of drug-likeness (QED) is 0.814. The van der Waals surface area contributed by atoms with Gasteiger partial charge in [0.15, 0.2) is 17.2 Å². The molecule has 0 bridgehead atoms. The van der Waals surface area contributed by atoms with Crippen LogP contribution in [0, 0.1) is 0 Å². The number of ether oxygens (including phenoxy) is 3. The van der Waals surface area contributed by atoms with Crippen molar-refractivity contribution in [2.45, 2.75) is 13.0 Å². The van der Waals surface area contributed by atoms with Crippen molar-refractivity contribution in [1.82, 2.24) is 0 Å². The van der Waals surface area contributed by atoms with Gasteiger partial charge < -0.3 is 19.5 Å². The summed E-state index contributed by atoms with van der Waals surface area (Å²) in [5.41, 5.74) is 0.476. The van der Waals surface area contributed by atoms with Crippen molar-refractivity contribution in [2.75, 3.05) is 18.5 Å². The molecule has 1 unspecified atom stereocenters. The lowest BCUT2D eigenvalue weighted by atomic mass is 10.2. The van der Waals surface area contributed by atoms with E-state index >= 15 is 0 Å². The van der Waals surface area contributed by atoms with E-state index in [1.54, 1.807) is 24.3 Å². The van der Waals surface area contributed by atoms with E-state index in [1.165, 1.54) is 0 Å². The van der Waals surface area contributed by atoms with Crippen molar-refractivity contribution in [1.29, 1.82) is 0 Å². The number of benzene rings is 2. The lowest BCUT2D eigenvalue weighted by Gasteiger charge is -2.26. The van der Waals surface area contributed by atoms with Crippen molar-refractivity contribution in [2.24, 2.45) is 0 Å². The normalized spacial score (nSPS) is 15.7. The average Bonchev–Trinajstić information content (AvgIpc) is 2.57. The van der Waals surface area contributed by atoms with Gasteiger partial charge in [-0.05, 0) is 47.1 Å². The minimum absolute atomic E-state index is 0.133. The molecule has 24 heavy (non-hydrogen) atoms. The highest BCUT2D eigenvalue weighted by Crippen LogP contribution is 2.37. The molecule has 0 aromatic heterocycles. The van der Waals surface area contributed by atoms with E-state index in [9.17, 15) is 4.79 Å². The van der Waals surface area contributed by atoms with Crippen LogP contribution in [0.1, 0.15) is 6.92 Å². The summed E-state index contributed by atoms with van der Waals surface area (Å²) in [7, 11) is 0. The number of rotatable bonds is 4. The summed E-state index contributed by atoms with van der Waals surface area (Å²) in [6, 6.07) is 10.6. The molecule has 1 aliphatic rings. The fourth-order valence-electron chi connectivity index (χ4n) is 2.31. The Morgan fingerprint density at radius 2 is 2.12 bits per heavy atom. The van der Waals surface area contributed by atoms with E-state index in [0.717, 1.165) is 0 Å². The van der Waals surface area contributed by atoms with Crippen molar-refractivity contribution in [3.05, 3.63) is 45.9 Å². The number of halogens is 2. The molecule has 1 amide bonds. The third-order valence-electron chi connectivity index (χ3n) is 3.36. The van der Waals surface area contributed by atoms with Crippen LogP contribution in [0.4, 0.5) is 5.69 Å². The monoisotopic (exact) mass is 411 g/mol. The molecular formula is C17H15BrClNO4. The Morgan fingerprint density at radius 3 is 2.88 bits per heavy atom. The first-order chi connectivity index (χ1) is 11.6. The van der Waals surface area contributed by atoms with Gasteiger partial charge in [-0.3, -0.25) is 4.79 Å². The first kappa shape index (κ1) is 16.9. The van der Waals surface area contributed by atoms with Gasteiger partial charge in [0.2, 0.25) is 6.10 Å². The molecule has 0 radical (unpaired) electrons. The number of hydrogen-bond acceptors (Lipinski definition) is 4. The summed E-state index contributed by atoms with van der Waals surface area (Å²) in [6.07, 6.45) is -0.757. The highest BCUT2D eigenvalue weighted by molar-refractivity contribution is 9.10. The van der Waals surface area contributed by atoms with Crippen LogP contribution in [0.3, 0.4) is 0 Å². The maximum absolute atomic E-state index is 12.5. The number of para-hydroxylation sites is 2. The molecule has 1 N–H and O–H groups in total. The Labute approximate surface area is 153 Å². The molecule has 1 atom stereocenters. The number of carbonyl (C=O) groups is 1. The molecule has 7 heteroatoms. The minimum atomic E-state index is -0.757. The smallest absolute Gasteiger partial charge is 0.269 e. The predicted octanol–water partition coefficient (Wildman–Crippen LogP) is 4.28. The summed E-state index contributed by atoms with van der Waals surface area (Å²) >= 11 is 9.46. The molecule has 126 valence electrons. The van der Waals surface area contributed by atoms with E-state index in [4.69, 9.17) is 25.8 Å². The van der Waals surface area contributed by atoms with E-state index < -0.39 is 6.10 Å². The fourth-order valence-corrected chi connectivity index (χ4v) is 3.23. The van der Waals surface area contributed by atoms with Crippen LogP contribution in [0.5, 0.6) is 17.2 Å². The van der Waals surface area contributed by atoms with Crippen molar-refractivity contribution >= 4 is 39.1 Å². The van der Waals surface area contributed by atoms with Gasteiger partial charge in [-0.1, -0.05) is 23.7 Å². The number of nitrogens with one attached hydrogen (secondary N) is 1. The maximum Gasteiger partial charge on any atom is 0.269 e. The molecule has 2 aromatic carbocycles. The average molecular weight is 413 g/mol. The Hall–Kier alpha value is -1.92. The number of amides is 1. The van der Waals surface area contributed by atoms with E-state index in [2.05, 4.69) is 21.2 Å². The van der Waals surface area contributed by atoms with E-state index in [0.29, 0.717) is 39.0 Å². The predicted molar refractivity (Wildman–Crippen MR) is 95.3 cm³/mol. The van der Waals surface area contributed by atoms with Gasteiger partial charge in [0.1, 0.15) is 6.61 Å². The second kappa shape index (κ2) is 7.32. The summed E-state index contributed by atoms with van der Waals surface area (Å²) in [4.78, 5) is 12.5. The van der Waals surface area contributed by atoms with Crippen molar-refractivity contribution < 1.29 is 19.0 Å². The van der Waals surface area contributed by atoms with Crippen LogP contribution in [0.25, 0.3) is 0 Å². The highest BCUT2D eigenvalue weighted by Gasteiger charge is 2.28. The van der Waals surface area contributed by atoms with Gasteiger partial charge in [-0.2, -0.15) is 0 Å². The first-order valence-corrected chi connectivity index (χ1v) is 8.56. The Balaban J connectivity index is 1.78. The standard InChI is InChI=1S/C17H15BrClNO4/c1-2-22-16-11(18)7-10(19)8-12(16)20-17(21)15-9-23-13-5-3-4-6-14(13)24-15/h3-8,15H,2,9H2,1H3,(H,20,21). The molecule has 2 aromatic rings. The van der Waals surface area contributed by atoms with Gasteiger partial charge in [-0.25, -0.2) is 0 Å². The van der Waals surface area contributed by atoms with Gasteiger partial charge in [0.05, 0.1) is 16.8 Å². The molecule has 0 spiro atoms. The zero-order valence-electron chi connectivity index (χ0n) is 12.8. The molecule has 0 saturated carbocycles. The summed E-state index contributed by atoms with van der Waals surface area (Å²) < 4.78 is 17.5. The summed E-state index contributed by atoms with van der Waals surface area (Å²) in [6.45, 7) is 2.45. The van der Waals surface area contributed by atoms with Crippen molar-refractivity contribution in [3.63, 3.8) is 0 Å². The zero-order valence-corrected chi connectivity index (χ0v) is 15.2. The lowest BCUT2D eigenvalue weighted by molar-refractivity contribution is -0.125. The SMILES string of the molecule is CCOc1c(Br)cc(Cl)cc1NC(=O)C1COc2ccccc2O1. The molecule has 0 aliphatic carbocycles. The Morgan fingerprint density at radius 1 is 1.38 bits per heavy atom. The number of anilines is 1. The highest BCUT2D eigenvalue weighted by atomic mass is 79.9. The molecule has 5 nitrogen and oxygen atoms in total. The Bertz CT molecular complexity index is 768.